The molecule has 0 aliphatic carbocycles. The molecule has 0 fully saturated rings. The van der Waals surface area contributed by atoms with Crippen molar-refractivity contribution in [2.45, 2.75) is 32.2 Å². The fourth-order valence-electron chi connectivity index (χ4n) is 2.54. The SMILES string of the molecule is CCC(CC)(CN)n1cncc1-c1cc(Cl)ccc1Cl. The third kappa shape index (κ3) is 2.58. The highest BCUT2D eigenvalue weighted by Crippen LogP contribution is 2.35. The number of imidazole rings is 1. The summed E-state index contributed by atoms with van der Waals surface area (Å²) in [4.78, 5) is 4.28. The van der Waals surface area contributed by atoms with Crippen LogP contribution >= 0.6 is 23.2 Å². The maximum atomic E-state index is 6.31. The van der Waals surface area contributed by atoms with Gasteiger partial charge in [0.05, 0.1) is 28.8 Å². The molecule has 0 unspecified atom stereocenters. The molecule has 1 heterocycles. The van der Waals surface area contributed by atoms with Gasteiger partial charge in [-0.2, -0.15) is 0 Å². The van der Waals surface area contributed by atoms with Crippen LogP contribution in [-0.4, -0.2) is 16.1 Å². The second-order valence-corrected chi connectivity index (χ2v) is 5.75. The van der Waals surface area contributed by atoms with Crippen LogP contribution in [0.15, 0.2) is 30.7 Å². The third-order valence-corrected chi connectivity index (χ3v) is 4.61. The second kappa shape index (κ2) is 6.17. The first-order valence-corrected chi connectivity index (χ1v) is 7.52. The fourth-order valence-corrected chi connectivity index (χ4v) is 2.93. The summed E-state index contributed by atoms with van der Waals surface area (Å²) in [5.41, 5.74) is 7.72. The summed E-state index contributed by atoms with van der Waals surface area (Å²) in [6.45, 7) is 4.83. The number of hydrogen-bond donors (Lipinski definition) is 1. The summed E-state index contributed by atoms with van der Waals surface area (Å²) in [6, 6.07) is 5.45. The maximum absolute atomic E-state index is 6.31. The Morgan fingerprint density at radius 3 is 2.55 bits per heavy atom. The van der Waals surface area contributed by atoms with E-state index >= 15 is 0 Å². The predicted molar refractivity (Wildman–Crippen MR) is 85.3 cm³/mol. The normalized spacial score (nSPS) is 11.8. The van der Waals surface area contributed by atoms with Crippen molar-refractivity contribution in [3.05, 3.63) is 40.8 Å². The van der Waals surface area contributed by atoms with Gasteiger partial charge in [0.1, 0.15) is 0 Å². The van der Waals surface area contributed by atoms with Crippen molar-refractivity contribution in [1.82, 2.24) is 9.55 Å². The molecule has 2 rings (SSSR count). The number of aromatic nitrogens is 2. The lowest BCUT2D eigenvalue weighted by atomic mass is 9.92. The van der Waals surface area contributed by atoms with Crippen molar-refractivity contribution in [3.63, 3.8) is 0 Å². The molecule has 108 valence electrons. The molecule has 0 saturated carbocycles. The standard InChI is InChI=1S/C15H19Cl2N3/c1-3-15(4-2,9-18)20-10-19-8-14(20)12-7-11(16)5-6-13(12)17/h5-8,10H,3-4,9,18H2,1-2H3. The van der Waals surface area contributed by atoms with E-state index in [9.17, 15) is 0 Å². The summed E-state index contributed by atoms with van der Waals surface area (Å²) in [6.07, 6.45) is 5.50. The van der Waals surface area contributed by atoms with Crippen LogP contribution in [0.3, 0.4) is 0 Å². The highest BCUT2D eigenvalue weighted by atomic mass is 35.5. The first kappa shape index (κ1) is 15.4. The van der Waals surface area contributed by atoms with Gasteiger partial charge < -0.3 is 10.3 Å². The molecule has 0 bridgehead atoms. The quantitative estimate of drug-likeness (QED) is 0.893. The van der Waals surface area contributed by atoms with Gasteiger partial charge in [-0.15, -0.1) is 0 Å². The number of nitrogens with two attached hydrogens (primary N) is 1. The predicted octanol–water partition coefficient (Wildman–Crippen LogP) is 4.33. The lowest BCUT2D eigenvalue weighted by Crippen LogP contribution is -2.40. The van der Waals surface area contributed by atoms with Crippen LogP contribution in [0.2, 0.25) is 10.0 Å². The molecule has 5 heteroatoms. The summed E-state index contributed by atoms with van der Waals surface area (Å²) < 4.78 is 2.13. The zero-order chi connectivity index (χ0) is 14.8. The Morgan fingerprint density at radius 1 is 1.25 bits per heavy atom. The van der Waals surface area contributed by atoms with E-state index in [1.807, 2.05) is 18.6 Å². The summed E-state index contributed by atoms with van der Waals surface area (Å²) in [5, 5.41) is 1.32. The first-order valence-electron chi connectivity index (χ1n) is 6.76. The van der Waals surface area contributed by atoms with Crippen LogP contribution in [0.1, 0.15) is 26.7 Å². The van der Waals surface area contributed by atoms with E-state index in [2.05, 4.69) is 23.4 Å². The zero-order valence-electron chi connectivity index (χ0n) is 11.7. The molecule has 2 aromatic rings. The van der Waals surface area contributed by atoms with Crippen LogP contribution in [0.25, 0.3) is 11.3 Å². The van der Waals surface area contributed by atoms with E-state index < -0.39 is 0 Å². The minimum Gasteiger partial charge on any atom is -0.328 e. The molecule has 0 amide bonds. The Labute approximate surface area is 129 Å². The Balaban J connectivity index is 2.61. The molecule has 0 radical (unpaired) electrons. The lowest BCUT2D eigenvalue weighted by Gasteiger charge is -2.33. The lowest BCUT2D eigenvalue weighted by molar-refractivity contribution is 0.274. The highest BCUT2D eigenvalue weighted by Gasteiger charge is 2.29. The van der Waals surface area contributed by atoms with Gasteiger partial charge in [0.2, 0.25) is 0 Å². The second-order valence-electron chi connectivity index (χ2n) is 4.91. The topological polar surface area (TPSA) is 43.8 Å². The monoisotopic (exact) mass is 311 g/mol. The molecular formula is C15H19Cl2N3. The average Bonchev–Trinajstić information content (AvgIpc) is 2.94. The number of rotatable bonds is 5. The van der Waals surface area contributed by atoms with E-state index in [1.54, 1.807) is 12.1 Å². The molecule has 1 aromatic carbocycles. The van der Waals surface area contributed by atoms with Crippen LogP contribution in [-0.2, 0) is 5.54 Å². The van der Waals surface area contributed by atoms with Gasteiger partial charge in [0.25, 0.3) is 0 Å². The molecule has 1 aromatic heterocycles. The number of benzene rings is 1. The number of hydrogen-bond acceptors (Lipinski definition) is 2. The minimum atomic E-state index is -0.141. The van der Waals surface area contributed by atoms with Gasteiger partial charge in [-0.1, -0.05) is 37.0 Å². The molecule has 0 spiro atoms. The van der Waals surface area contributed by atoms with Crippen LogP contribution in [0.4, 0.5) is 0 Å². The summed E-state index contributed by atoms with van der Waals surface area (Å²) in [7, 11) is 0. The minimum absolute atomic E-state index is 0.141. The smallest absolute Gasteiger partial charge is 0.0956 e. The van der Waals surface area contributed by atoms with Gasteiger partial charge in [0, 0.05) is 17.1 Å². The van der Waals surface area contributed by atoms with Crippen molar-refractivity contribution in [1.29, 1.82) is 0 Å². The van der Waals surface area contributed by atoms with Gasteiger partial charge in [-0.3, -0.25) is 0 Å². The van der Waals surface area contributed by atoms with Crippen LogP contribution < -0.4 is 5.73 Å². The summed E-state index contributed by atoms with van der Waals surface area (Å²) in [5.74, 6) is 0. The van der Waals surface area contributed by atoms with Gasteiger partial charge in [0.15, 0.2) is 0 Å². The first-order chi connectivity index (χ1) is 9.57. The fraction of sp³-hybridized carbons (Fsp3) is 0.400. The zero-order valence-corrected chi connectivity index (χ0v) is 13.2. The molecule has 2 N–H and O–H groups in total. The Hall–Kier alpha value is -1.03. The van der Waals surface area contributed by atoms with E-state index in [4.69, 9.17) is 28.9 Å². The Morgan fingerprint density at radius 2 is 1.95 bits per heavy atom. The molecule has 0 aliphatic heterocycles. The van der Waals surface area contributed by atoms with Crippen molar-refractivity contribution >= 4 is 23.2 Å². The van der Waals surface area contributed by atoms with Crippen molar-refractivity contribution in [3.8, 4) is 11.3 Å². The molecule has 3 nitrogen and oxygen atoms in total. The highest BCUT2D eigenvalue weighted by molar-refractivity contribution is 6.35. The van der Waals surface area contributed by atoms with E-state index in [0.29, 0.717) is 16.6 Å². The molecule has 0 aliphatic rings. The van der Waals surface area contributed by atoms with Crippen molar-refractivity contribution in [2.75, 3.05) is 6.54 Å². The van der Waals surface area contributed by atoms with Crippen molar-refractivity contribution < 1.29 is 0 Å². The van der Waals surface area contributed by atoms with Crippen LogP contribution in [0, 0.1) is 0 Å². The van der Waals surface area contributed by atoms with Gasteiger partial charge >= 0.3 is 0 Å². The van der Waals surface area contributed by atoms with E-state index in [-0.39, 0.29) is 5.54 Å². The average molecular weight is 312 g/mol. The van der Waals surface area contributed by atoms with Gasteiger partial charge in [-0.25, -0.2) is 4.98 Å². The molecule has 0 saturated heterocycles. The van der Waals surface area contributed by atoms with E-state index in [1.165, 1.54) is 0 Å². The molecular weight excluding hydrogens is 293 g/mol. The van der Waals surface area contributed by atoms with E-state index in [0.717, 1.165) is 24.1 Å². The molecule has 0 atom stereocenters. The number of halogens is 2. The van der Waals surface area contributed by atoms with Gasteiger partial charge in [-0.05, 0) is 31.0 Å². The van der Waals surface area contributed by atoms with Crippen LogP contribution in [0.5, 0.6) is 0 Å². The summed E-state index contributed by atoms with van der Waals surface area (Å²) >= 11 is 12.4. The number of nitrogens with zero attached hydrogens (tertiary/aromatic N) is 2. The maximum Gasteiger partial charge on any atom is 0.0956 e. The third-order valence-electron chi connectivity index (χ3n) is 4.05. The Bertz CT molecular complexity index is 580. The van der Waals surface area contributed by atoms with Crippen molar-refractivity contribution in [2.24, 2.45) is 5.73 Å². The molecule has 20 heavy (non-hydrogen) atoms. The largest absolute Gasteiger partial charge is 0.328 e. The Kier molecular flexibility index (Phi) is 4.74.